The molecule has 0 fully saturated rings. The molecule has 134 valence electrons. The van der Waals surface area contributed by atoms with Gasteiger partial charge in [0.1, 0.15) is 0 Å². The number of halogens is 4. The second-order valence-electron chi connectivity index (χ2n) is 5.94. The average Bonchev–Trinajstić information content (AvgIpc) is 2.53. The van der Waals surface area contributed by atoms with Crippen LogP contribution in [0, 0.1) is 0 Å². The van der Waals surface area contributed by atoms with Crippen LogP contribution in [0.15, 0.2) is 42.5 Å². The Hall–Kier alpha value is -2.05. The van der Waals surface area contributed by atoms with Crippen molar-refractivity contribution >= 4 is 17.5 Å². The van der Waals surface area contributed by atoms with E-state index in [1.54, 1.807) is 24.3 Å². The van der Waals surface area contributed by atoms with E-state index in [-0.39, 0.29) is 5.56 Å². The van der Waals surface area contributed by atoms with Crippen LogP contribution in [0.3, 0.4) is 0 Å². The average molecular weight is 372 g/mol. The van der Waals surface area contributed by atoms with E-state index in [9.17, 15) is 23.1 Å². The summed E-state index contributed by atoms with van der Waals surface area (Å²) in [5, 5.41) is 10.1. The maximum absolute atomic E-state index is 12.8. The van der Waals surface area contributed by atoms with Gasteiger partial charge in [-0.1, -0.05) is 41.9 Å². The van der Waals surface area contributed by atoms with Gasteiger partial charge in [-0.05, 0) is 48.6 Å². The molecule has 2 aromatic carbocycles. The van der Waals surface area contributed by atoms with Crippen LogP contribution in [0.2, 0.25) is 5.02 Å². The van der Waals surface area contributed by atoms with Crippen molar-refractivity contribution in [3.63, 3.8) is 0 Å². The highest BCUT2D eigenvalue weighted by Gasteiger charge is 2.51. The number of hydrogen-bond acceptors (Lipinski definition) is 2. The minimum absolute atomic E-state index is 0.215. The fourth-order valence-electron chi connectivity index (χ4n) is 2.34. The monoisotopic (exact) mass is 371 g/mol. The lowest BCUT2D eigenvalue weighted by Gasteiger charge is -2.26. The first-order valence-corrected chi connectivity index (χ1v) is 7.87. The number of primary amides is 1. The molecule has 0 aromatic heterocycles. The van der Waals surface area contributed by atoms with Gasteiger partial charge >= 0.3 is 6.18 Å². The number of amides is 1. The van der Waals surface area contributed by atoms with Crippen molar-refractivity contribution in [2.75, 3.05) is 0 Å². The van der Waals surface area contributed by atoms with Crippen molar-refractivity contribution < 1.29 is 23.1 Å². The summed E-state index contributed by atoms with van der Waals surface area (Å²) in [6.07, 6.45) is -3.65. The third-order valence-corrected chi connectivity index (χ3v) is 4.44. The molecule has 0 aliphatic rings. The maximum Gasteiger partial charge on any atom is 0.421 e. The van der Waals surface area contributed by atoms with E-state index in [2.05, 4.69) is 0 Å². The van der Waals surface area contributed by atoms with Gasteiger partial charge in [-0.15, -0.1) is 0 Å². The number of aryl methyl sites for hydroxylation is 2. The third-order valence-electron chi connectivity index (χ3n) is 4.09. The quantitative estimate of drug-likeness (QED) is 0.834. The van der Waals surface area contributed by atoms with Gasteiger partial charge in [0, 0.05) is 10.6 Å². The Morgan fingerprint density at radius 2 is 1.72 bits per heavy atom. The van der Waals surface area contributed by atoms with Crippen LogP contribution in [0.4, 0.5) is 13.2 Å². The van der Waals surface area contributed by atoms with E-state index >= 15 is 0 Å². The van der Waals surface area contributed by atoms with Crippen LogP contribution in [-0.4, -0.2) is 17.2 Å². The van der Waals surface area contributed by atoms with E-state index < -0.39 is 17.7 Å². The molecule has 2 rings (SSSR count). The highest BCUT2D eigenvalue weighted by atomic mass is 35.5. The Morgan fingerprint density at radius 1 is 1.12 bits per heavy atom. The van der Waals surface area contributed by atoms with Crippen molar-refractivity contribution in [1.82, 2.24) is 0 Å². The number of hydrogen-bond donors (Lipinski definition) is 2. The maximum atomic E-state index is 12.8. The molecular weight excluding hydrogens is 355 g/mol. The minimum atomic E-state index is -4.75. The van der Waals surface area contributed by atoms with Gasteiger partial charge in [-0.2, -0.15) is 13.2 Å². The topological polar surface area (TPSA) is 63.3 Å². The number of nitrogens with two attached hydrogens (primary N) is 1. The van der Waals surface area contributed by atoms with E-state index in [0.717, 1.165) is 18.1 Å². The summed E-state index contributed by atoms with van der Waals surface area (Å²) < 4.78 is 38.5. The predicted octanol–water partition coefficient (Wildman–Crippen LogP) is 3.99. The zero-order chi connectivity index (χ0) is 18.8. The van der Waals surface area contributed by atoms with Crippen molar-refractivity contribution in [3.8, 4) is 0 Å². The molecule has 7 heteroatoms. The Kier molecular flexibility index (Phi) is 5.44. The number of benzene rings is 2. The summed E-state index contributed by atoms with van der Waals surface area (Å²) in [5.41, 5.74) is 3.99. The number of alkyl halides is 3. The van der Waals surface area contributed by atoms with E-state index in [1.165, 1.54) is 18.2 Å². The lowest BCUT2D eigenvalue weighted by molar-refractivity contribution is -0.258. The molecule has 0 aliphatic heterocycles. The molecule has 1 atom stereocenters. The fraction of sp³-hybridized carbons (Fsp3) is 0.278. The Morgan fingerprint density at radius 3 is 2.20 bits per heavy atom. The Bertz CT molecular complexity index is 771. The van der Waals surface area contributed by atoms with Crippen LogP contribution in [-0.2, 0) is 18.4 Å². The largest absolute Gasteiger partial charge is 0.421 e. The van der Waals surface area contributed by atoms with Crippen LogP contribution in [0.1, 0.15) is 34.0 Å². The van der Waals surface area contributed by atoms with Crippen LogP contribution >= 0.6 is 11.6 Å². The van der Waals surface area contributed by atoms with Crippen LogP contribution in [0.25, 0.3) is 0 Å². The molecule has 3 nitrogen and oxygen atoms in total. The molecule has 3 N–H and O–H groups in total. The molecule has 1 amide bonds. The van der Waals surface area contributed by atoms with Crippen molar-refractivity contribution in [2.24, 2.45) is 5.73 Å². The number of rotatable bonds is 5. The molecule has 0 aliphatic carbocycles. The summed E-state index contributed by atoms with van der Waals surface area (Å²) in [5.74, 6) is -0.569. The standard InChI is InChI=1S/C18H17ClF3NO2/c1-17(25,18(20,21)22)14-8-3-11(4-9-14)2-5-12-6-7-13(16(23)24)10-15(12)19/h3-4,6-10,25H,2,5H2,1H3,(H2,23,24). The molecule has 0 radical (unpaired) electrons. The van der Waals surface area contributed by atoms with Crippen molar-refractivity contribution in [2.45, 2.75) is 31.5 Å². The molecule has 0 saturated heterocycles. The van der Waals surface area contributed by atoms with Crippen molar-refractivity contribution in [1.29, 1.82) is 0 Å². The first-order chi connectivity index (χ1) is 11.5. The first kappa shape index (κ1) is 19.3. The van der Waals surface area contributed by atoms with E-state index in [4.69, 9.17) is 17.3 Å². The van der Waals surface area contributed by atoms with Gasteiger partial charge in [0.25, 0.3) is 0 Å². The third kappa shape index (κ3) is 4.32. The predicted molar refractivity (Wildman–Crippen MR) is 89.4 cm³/mol. The molecule has 25 heavy (non-hydrogen) atoms. The fourth-order valence-corrected chi connectivity index (χ4v) is 2.62. The normalized spacial score (nSPS) is 14.2. The highest BCUT2D eigenvalue weighted by molar-refractivity contribution is 6.31. The zero-order valence-corrected chi connectivity index (χ0v) is 14.2. The molecule has 1 unspecified atom stereocenters. The molecule has 2 aromatic rings. The lowest BCUT2D eigenvalue weighted by atomic mass is 9.93. The van der Waals surface area contributed by atoms with Gasteiger partial charge in [0.05, 0.1) is 0 Å². The number of aliphatic hydroxyl groups is 1. The van der Waals surface area contributed by atoms with Crippen molar-refractivity contribution in [3.05, 3.63) is 69.7 Å². The van der Waals surface area contributed by atoms with Gasteiger partial charge < -0.3 is 10.8 Å². The van der Waals surface area contributed by atoms with Crippen LogP contribution in [0.5, 0.6) is 0 Å². The lowest BCUT2D eigenvalue weighted by Crippen LogP contribution is -2.39. The first-order valence-electron chi connectivity index (χ1n) is 7.49. The molecule has 0 saturated carbocycles. The molecule has 0 bridgehead atoms. The van der Waals surface area contributed by atoms with Gasteiger partial charge in [-0.25, -0.2) is 0 Å². The Labute approximate surface area is 148 Å². The second kappa shape index (κ2) is 7.06. The summed E-state index contributed by atoms with van der Waals surface area (Å²) in [7, 11) is 0. The Balaban J connectivity index is 2.09. The van der Waals surface area contributed by atoms with Gasteiger partial charge in [0.15, 0.2) is 5.60 Å². The molecule has 0 heterocycles. The summed E-state index contributed by atoms with van der Waals surface area (Å²) in [6.45, 7) is 0.724. The SMILES string of the molecule is CC(O)(c1ccc(CCc2ccc(C(N)=O)cc2Cl)cc1)C(F)(F)F. The zero-order valence-electron chi connectivity index (χ0n) is 13.4. The summed E-state index contributed by atoms with van der Waals surface area (Å²) in [4.78, 5) is 11.1. The van der Waals surface area contributed by atoms with Gasteiger partial charge in [-0.3, -0.25) is 4.79 Å². The highest BCUT2D eigenvalue weighted by Crippen LogP contribution is 2.38. The minimum Gasteiger partial charge on any atom is -0.376 e. The smallest absolute Gasteiger partial charge is 0.376 e. The number of carbonyl (C=O) groups is 1. The molecule has 0 spiro atoms. The number of carbonyl (C=O) groups excluding carboxylic acids is 1. The molecular formula is C18H17ClF3NO2. The van der Waals surface area contributed by atoms with Gasteiger partial charge in [0.2, 0.25) is 5.91 Å². The summed E-state index contributed by atoms with van der Waals surface area (Å²) >= 11 is 6.11. The van der Waals surface area contributed by atoms with Crippen LogP contribution < -0.4 is 5.73 Å². The van der Waals surface area contributed by atoms with E-state index in [0.29, 0.717) is 23.4 Å². The van der Waals surface area contributed by atoms with E-state index in [1.807, 2.05) is 0 Å². The second-order valence-corrected chi connectivity index (χ2v) is 6.34. The summed E-state index contributed by atoms with van der Waals surface area (Å²) in [6, 6.07) is 10.4.